The molecule has 2 aromatic rings. The zero-order valence-electron chi connectivity index (χ0n) is 12.7. The molecular weight excluding hydrogens is 302 g/mol. The van der Waals surface area contributed by atoms with E-state index in [1.165, 1.54) is 11.8 Å². The number of carbonyl (C=O) groups is 1. The first-order valence-electron chi connectivity index (χ1n) is 7.05. The van der Waals surface area contributed by atoms with E-state index in [0.717, 1.165) is 11.5 Å². The lowest BCUT2D eigenvalue weighted by Crippen LogP contribution is -2.33. The highest BCUT2D eigenvalue weighted by Gasteiger charge is 2.18. The lowest BCUT2D eigenvalue weighted by Gasteiger charge is -2.20. The number of thioether (sulfide) groups is 1. The topological polar surface area (TPSA) is 79.5 Å². The largest absolute Gasteiger partial charge is 0.395 e. The van der Waals surface area contributed by atoms with Gasteiger partial charge in [-0.25, -0.2) is 4.98 Å². The van der Waals surface area contributed by atoms with Gasteiger partial charge in [-0.05, 0) is 26.0 Å². The molecule has 0 aromatic carbocycles. The molecule has 0 atom stereocenters. The summed E-state index contributed by atoms with van der Waals surface area (Å²) < 4.78 is 5.03. The molecule has 2 aromatic heterocycles. The lowest BCUT2D eigenvalue weighted by molar-refractivity contribution is 0.0727. The first kappa shape index (κ1) is 16.5. The van der Waals surface area contributed by atoms with Crippen LogP contribution in [-0.2, 0) is 5.75 Å². The minimum atomic E-state index is -0.122. The standard InChI is InChI=1S/C15H19N3O3S/c1-3-18(7-8-19)15(20)13-5-4-6-16-14(13)22-10-12-9-11(2)21-17-12/h4-6,9,19H,3,7-8,10H2,1-2H3. The van der Waals surface area contributed by atoms with Crippen LogP contribution in [0.15, 0.2) is 33.9 Å². The van der Waals surface area contributed by atoms with Crippen LogP contribution < -0.4 is 0 Å². The molecule has 0 unspecified atom stereocenters. The lowest BCUT2D eigenvalue weighted by atomic mass is 10.2. The summed E-state index contributed by atoms with van der Waals surface area (Å²) in [5.74, 6) is 1.22. The molecule has 1 N–H and O–H groups in total. The summed E-state index contributed by atoms with van der Waals surface area (Å²) >= 11 is 1.44. The second kappa shape index (κ2) is 7.95. The Labute approximate surface area is 133 Å². The third-order valence-corrected chi connectivity index (χ3v) is 4.11. The molecule has 0 saturated carbocycles. The Morgan fingerprint density at radius 2 is 2.32 bits per heavy atom. The van der Waals surface area contributed by atoms with E-state index in [2.05, 4.69) is 10.1 Å². The molecule has 0 aliphatic heterocycles. The molecule has 6 nitrogen and oxygen atoms in total. The fourth-order valence-electron chi connectivity index (χ4n) is 1.99. The van der Waals surface area contributed by atoms with Crippen LogP contribution in [0.5, 0.6) is 0 Å². The van der Waals surface area contributed by atoms with Crippen molar-refractivity contribution in [1.82, 2.24) is 15.0 Å². The zero-order valence-corrected chi connectivity index (χ0v) is 13.5. The Hall–Kier alpha value is -1.86. The predicted molar refractivity (Wildman–Crippen MR) is 83.7 cm³/mol. The van der Waals surface area contributed by atoms with Crippen molar-refractivity contribution in [2.45, 2.75) is 24.6 Å². The highest BCUT2D eigenvalue weighted by molar-refractivity contribution is 7.98. The highest BCUT2D eigenvalue weighted by Crippen LogP contribution is 2.25. The average molecular weight is 321 g/mol. The predicted octanol–water partition coefficient (Wildman–Crippen LogP) is 2.12. The van der Waals surface area contributed by atoms with E-state index in [9.17, 15) is 4.79 Å². The maximum absolute atomic E-state index is 12.5. The zero-order chi connectivity index (χ0) is 15.9. The van der Waals surface area contributed by atoms with Crippen LogP contribution in [0, 0.1) is 6.92 Å². The third kappa shape index (κ3) is 4.08. The number of nitrogens with zero attached hydrogens (tertiary/aromatic N) is 3. The first-order valence-corrected chi connectivity index (χ1v) is 8.04. The highest BCUT2D eigenvalue weighted by atomic mass is 32.2. The summed E-state index contributed by atoms with van der Waals surface area (Å²) in [6, 6.07) is 5.36. The van der Waals surface area contributed by atoms with Crippen molar-refractivity contribution in [3.63, 3.8) is 0 Å². The number of aliphatic hydroxyl groups excluding tert-OH is 1. The first-order chi connectivity index (χ1) is 10.7. The second-order valence-electron chi connectivity index (χ2n) is 4.68. The average Bonchev–Trinajstić information content (AvgIpc) is 2.96. The van der Waals surface area contributed by atoms with Gasteiger partial charge in [-0.1, -0.05) is 16.9 Å². The van der Waals surface area contributed by atoms with E-state index in [4.69, 9.17) is 9.63 Å². The minimum Gasteiger partial charge on any atom is -0.395 e. The van der Waals surface area contributed by atoms with Crippen molar-refractivity contribution in [1.29, 1.82) is 0 Å². The van der Waals surface area contributed by atoms with Crippen LogP contribution in [0.25, 0.3) is 0 Å². The number of rotatable bonds is 7. The molecule has 0 bridgehead atoms. The van der Waals surface area contributed by atoms with Crippen LogP contribution in [0.4, 0.5) is 0 Å². The van der Waals surface area contributed by atoms with Crippen LogP contribution >= 0.6 is 11.8 Å². The monoisotopic (exact) mass is 321 g/mol. The molecule has 2 heterocycles. The van der Waals surface area contributed by atoms with Crippen LogP contribution in [-0.4, -0.2) is 45.8 Å². The third-order valence-electron chi connectivity index (χ3n) is 3.07. The molecule has 22 heavy (non-hydrogen) atoms. The Bertz CT molecular complexity index is 630. The van der Waals surface area contributed by atoms with Gasteiger partial charge < -0.3 is 14.5 Å². The number of likely N-dealkylation sites (N-methyl/N-ethyl adjacent to an activating group) is 1. The van der Waals surface area contributed by atoms with Gasteiger partial charge in [0.25, 0.3) is 5.91 Å². The SMILES string of the molecule is CCN(CCO)C(=O)c1cccnc1SCc1cc(C)on1. The molecule has 7 heteroatoms. The van der Waals surface area contributed by atoms with E-state index in [0.29, 0.717) is 29.4 Å². The molecule has 1 amide bonds. The normalized spacial score (nSPS) is 10.7. The van der Waals surface area contributed by atoms with Crippen molar-refractivity contribution in [2.75, 3.05) is 19.7 Å². The van der Waals surface area contributed by atoms with Crippen LogP contribution in [0.2, 0.25) is 0 Å². The van der Waals surface area contributed by atoms with Gasteiger partial charge in [-0.15, -0.1) is 0 Å². The minimum absolute atomic E-state index is 0.0550. The summed E-state index contributed by atoms with van der Waals surface area (Å²) in [4.78, 5) is 18.4. The quantitative estimate of drug-likeness (QED) is 0.787. The Morgan fingerprint density at radius 3 is 2.95 bits per heavy atom. The van der Waals surface area contributed by atoms with Gasteiger partial charge in [0.1, 0.15) is 10.8 Å². The van der Waals surface area contributed by atoms with Crippen molar-refractivity contribution in [3.8, 4) is 0 Å². The molecule has 0 aliphatic carbocycles. The number of aliphatic hydroxyl groups is 1. The van der Waals surface area contributed by atoms with Gasteiger partial charge in [0, 0.05) is 31.1 Å². The summed E-state index contributed by atoms with van der Waals surface area (Å²) in [5.41, 5.74) is 1.36. The molecule has 0 radical (unpaired) electrons. The summed E-state index contributed by atoms with van der Waals surface area (Å²) in [7, 11) is 0. The fourth-order valence-corrected chi connectivity index (χ4v) is 2.86. The molecule has 118 valence electrons. The van der Waals surface area contributed by atoms with Gasteiger partial charge in [0.15, 0.2) is 0 Å². The van der Waals surface area contributed by atoms with Crippen molar-refractivity contribution < 1.29 is 14.4 Å². The molecular formula is C15H19N3O3S. The maximum atomic E-state index is 12.5. The van der Waals surface area contributed by atoms with Gasteiger partial charge in [0.05, 0.1) is 17.9 Å². The Morgan fingerprint density at radius 1 is 1.50 bits per heavy atom. The maximum Gasteiger partial charge on any atom is 0.256 e. The van der Waals surface area contributed by atoms with Crippen LogP contribution in [0.3, 0.4) is 0 Å². The molecule has 2 rings (SSSR count). The van der Waals surface area contributed by atoms with Gasteiger partial charge in [-0.2, -0.15) is 0 Å². The van der Waals surface area contributed by atoms with E-state index in [1.54, 1.807) is 23.2 Å². The van der Waals surface area contributed by atoms with Crippen LogP contribution in [0.1, 0.15) is 28.7 Å². The second-order valence-corrected chi connectivity index (χ2v) is 5.65. The summed E-state index contributed by atoms with van der Waals surface area (Å²) in [5, 5.41) is 13.6. The molecule has 0 spiro atoms. The summed E-state index contributed by atoms with van der Waals surface area (Å²) in [6.07, 6.45) is 1.66. The Balaban J connectivity index is 2.13. The van der Waals surface area contributed by atoms with Crippen molar-refractivity contribution in [2.24, 2.45) is 0 Å². The van der Waals surface area contributed by atoms with E-state index in [-0.39, 0.29) is 12.5 Å². The van der Waals surface area contributed by atoms with E-state index >= 15 is 0 Å². The van der Waals surface area contributed by atoms with E-state index in [1.807, 2.05) is 19.9 Å². The number of amides is 1. The molecule has 0 aliphatic rings. The number of carbonyl (C=O) groups excluding carboxylic acids is 1. The van der Waals surface area contributed by atoms with Gasteiger partial charge in [-0.3, -0.25) is 4.79 Å². The Kier molecular flexibility index (Phi) is 5.97. The molecule has 0 saturated heterocycles. The van der Waals surface area contributed by atoms with Crippen molar-refractivity contribution in [3.05, 3.63) is 41.4 Å². The number of aromatic nitrogens is 2. The van der Waals surface area contributed by atoms with E-state index < -0.39 is 0 Å². The number of aryl methyl sites for hydroxylation is 1. The smallest absolute Gasteiger partial charge is 0.256 e. The number of hydrogen-bond donors (Lipinski definition) is 1. The van der Waals surface area contributed by atoms with Gasteiger partial charge >= 0.3 is 0 Å². The fraction of sp³-hybridized carbons (Fsp3) is 0.400. The molecule has 0 fully saturated rings. The number of pyridine rings is 1. The van der Waals surface area contributed by atoms with Gasteiger partial charge in [0.2, 0.25) is 0 Å². The number of hydrogen-bond acceptors (Lipinski definition) is 6. The van der Waals surface area contributed by atoms with Crippen molar-refractivity contribution >= 4 is 17.7 Å². The summed E-state index contributed by atoms with van der Waals surface area (Å²) in [6.45, 7) is 4.53.